The number of nitriles is 1. The third kappa shape index (κ3) is 3.36. The minimum Gasteiger partial charge on any atom is -0.467 e. The number of nitrogens with zero attached hydrogens (tertiary/aromatic N) is 6. The van der Waals surface area contributed by atoms with Crippen LogP contribution < -0.4 is 10.1 Å². The first-order chi connectivity index (χ1) is 14.6. The van der Waals surface area contributed by atoms with Crippen molar-refractivity contribution < 1.29 is 14.2 Å². The van der Waals surface area contributed by atoms with E-state index in [1.54, 1.807) is 10.9 Å². The van der Waals surface area contributed by atoms with Crippen molar-refractivity contribution in [2.75, 3.05) is 31.7 Å². The highest BCUT2D eigenvalue weighted by Gasteiger charge is 2.28. The second-order valence-electron chi connectivity index (χ2n) is 7.82. The van der Waals surface area contributed by atoms with Gasteiger partial charge >= 0.3 is 0 Å². The summed E-state index contributed by atoms with van der Waals surface area (Å²) in [5.74, 6) is 1.20. The third-order valence-corrected chi connectivity index (χ3v) is 5.54. The number of rotatable bonds is 5. The lowest BCUT2D eigenvalue weighted by molar-refractivity contribution is -0.0812. The maximum absolute atomic E-state index is 9.69. The molecule has 0 bridgehead atoms. The number of nitrogens with one attached hydrogen (secondary N) is 1. The molecule has 2 fully saturated rings. The first-order valence-electron chi connectivity index (χ1n) is 10.0. The van der Waals surface area contributed by atoms with Crippen LogP contribution in [0, 0.1) is 17.2 Å². The van der Waals surface area contributed by atoms with Gasteiger partial charge in [-0.1, -0.05) is 6.92 Å². The summed E-state index contributed by atoms with van der Waals surface area (Å²) in [6, 6.07) is 4.31. The minimum absolute atomic E-state index is 0.00859. The Kier molecular flexibility index (Phi) is 4.77. The molecule has 2 aliphatic heterocycles. The summed E-state index contributed by atoms with van der Waals surface area (Å²) in [6.45, 7) is 4.61. The van der Waals surface area contributed by atoms with Crippen molar-refractivity contribution in [3.63, 3.8) is 0 Å². The van der Waals surface area contributed by atoms with E-state index in [1.165, 1.54) is 0 Å². The van der Waals surface area contributed by atoms with Gasteiger partial charge in [0.15, 0.2) is 0 Å². The van der Waals surface area contributed by atoms with Gasteiger partial charge < -0.3 is 24.1 Å². The van der Waals surface area contributed by atoms with Gasteiger partial charge in [-0.2, -0.15) is 10.2 Å². The Morgan fingerprint density at radius 1 is 1.30 bits per heavy atom. The molecular formula is C20H23N7O3. The summed E-state index contributed by atoms with van der Waals surface area (Å²) in [5.41, 5.74) is 2.01. The zero-order valence-corrected chi connectivity index (χ0v) is 16.9. The smallest absolute Gasteiger partial charge is 0.257 e. The molecule has 5 rings (SSSR count). The molecular weight excluding hydrogens is 386 g/mol. The standard InChI is InChI=1S/C20H23N7O3/c1-12-9-28-4-3-17(12)27-14(6-21)5-13-7-22-20(24-18(13)27)23-16-8-26(2)25-19(16)30-15-10-29-11-15/h5,7-8,12,15,17H,3-4,9-11H2,1-2H3,(H,22,23,24). The van der Waals surface area contributed by atoms with Crippen LogP contribution in [0.4, 0.5) is 11.6 Å². The lowest BCUT2D eigenvalue weighted by atomic mass is 9.97. The van der Waals surface area contributed by atoms with E-state index < -0.39 is 0 Å². The highest BCUT2D eigenvalue weighted by molar-refractivity contribution is 5.79. The Morgan fingerprint density at radius 2 is 2.17 bits per heavy atom. The largest absolute Gasteiger partial charge is 0.467 e. The SMILES string of the molecule is CC1COCCC1n1c(C#N)cc2cnc(Nc3cn(C)nc3OC3COC3)nc21. The number of aryl methyl sites for hydroxylation is 1. The number of ether oxygens (including phenoxy) is 3. The summed E-state index contributed by atoms with van der Waals surface area (Å²) in [4.78, 5) is 9.18. The number of anilines is 2. The van der Waals surface area contributed by atoms with Crippen LogP contribution in [-0.4, -0.2) is 56.8 Å². The highest BCUT2D eigenvalue weighted by Crippen LogP contribution is 2.33. The summed E-state index contributed by atoms with van der Waals surface area (Å²) in [7, 11) is 1.83. The van der Waals surface area contributed by atoms with E-state index in [-0.39, 0.29) is 18.1 Å². The first-order valence-corrected chi connectivity index (χ1v) is 10.0. The molecule has 2 unspecified atom stereocenters. The van der Waals surface area contributed by atoms with Crippen molar-refractivity contribution in [2.24, 2.45) is 13.0 Å². The Hall–Kier alpha value is -3.16. The van der Waals surface area contributed by atoms with Gasteiger partial charge in [0, 0.05) is 37.2 Å². The summed E-state index contributed by atoms with van der Waals surface area (Å²) in [6.07, 6.45) is 4.41. The first kappa shape index (κ1) is 18.8. The Balaban J connectivity index is 1.49. The fourth-order valence-corrected chi connectivity index (χ4v) is 3.94. The minimum atomic E-state index is 0.00859. The fraction of sp³-hybridized carbons (Fsp3) is 0.500. The van der Waals surface area contributed by atoms with Crippen LogP contribution in [0.25, 0.3) is 11.0 Å². The van der Waals surface area contributed by atoms with Crippen LogP contribution in [0.15, 0.2) is 18.5 Å². The Labute approximate surface area is 173 Å². The lowest BCUT2D eigenvalue weighted by Crippen LogP contribution is -2.38. The van der Waals surface area contributed by atoms with Crippen molar-refractivity contribution in [3.8, 4) is 11.9 Å². The van der Waals surface area contributed by atoms with E-state index in [0.717, 1.165) is 17.5 Å². The maximum Gasteiger partial charge on any atom is 0.257 e. The van der Waals surface area contributed by atoms with Crippen LogP contribution in [0.3, 0.4) is 0 Å². The van der Waals surface area contributed by atoms with Crippen molar-refractivity contribution in [3.05, 3.63) is 24.2 Å². The van der Waals surface area contributed by atoms with Crippen molar-refractivity contribution in [1.29, 1.82) is 5.26 Å². The molecule has 0 aromatic carbocycles. The molecule has 3 aromatic heterocycles. The number of aromatic nitrogens is 5. The molecule has 0 amide bonds. The van der Waals surface area contributed by atoms with Gasteiger partial charge in [0.1, 0.15) is 29.2 Å². The molecule has 2 saturated heterocycles. The number of hydrogen-bond acceptors (Lipinski definition) is 8. The van der Waals surface area contributed by atoms with Gasteiger partial charge in [-0.05, 0) is 12.5 Å². The highest BCUT2D eigenvalue weighted by atomic mass is 16.6. The van der Waals surface area contributed by atoms with E-state index in [2.05, 4.69) is 28.4 Å². The molecule has 0 saturated carbocycles. The molecule has 5 heterocycles. The second kappa shape index (κ2) is 7.59. The van der Waals surface area contributed by atoms with E-state index >= 15 is 0 Å². The molecule has 0 aliphatic carbocycles. The molecule has 0 spiro atoms. The lowest BCUT2D eigenvalue weighted by Gasteiger charge is -2.31. The number of fused-ring (bicyclic) bond motifs is 1. The van der Waals surface area contributed by atoms with Crippen LogP contribution in [-0.2, 0) is 16.5 Å². The fourth-order valence-electron chi connectivity index (χ4n) is 3.94. The van der Waals surface area contributed by atoms with Gasteiger partial charge in [0.25, 0.3) is 5.88 Å². The van der Waals surface area contributed by atoms with Crippen molar-refractivity contribution in [1.82, 2.24) is 24.3 Å². The van der Waals surface area contributed by atoms with Gasteiger partial charge in [0.2, 0.25) is 5.95 Å². The van der Waals surface area contributed by atoms with Crippen LogP contribution in [0.2, 0.25) is 0 Å². The van der Waals surface area contributed by atoms with Crippen molar-refractivity contribution in [2.45, 2.75) is 25.5 Å². The molecule has 2 atom stereocenters. The van der Waals surface area contributed by atoms with Gasteiger partial charge in [-0.3, -0.25) is 4.68 Å². The third-order valence-electron chi connectivity index (χ3n) is 5.54. The molecule has 10 heteroatoms. The van der Waals surface area contributed by atoms with Crippen LogP contribution >= 0.6 is 0 Å². The van der Waals surface area contributed by atoms with Crippen LogP contribution in [0.1, 0.15) is 25.1 Å². The summed E-state index contributed by atoms with van der Waals surface area (Å²) >= 11 is 0. The van der Waals surface area contributed by atoms with Gasteiger partial charge in [-0.15, -0.1) is 5.10 Å². The Morgan fingerprint density at radius 3 is 2.90 bits per heavy atom. The quantitative estimate of drug-likeness (QED) is 0.682. The van der Waals surface area contributed by atoms with E-state index in [9.17, 15) is 5.26 Å². The second-order valence-corrected chi connectivity index (χ2v) is 7.82. The monoisotopic (exact) mass is 409 g/mol. The van der Waals surface area contributed by atoms with E-state index in [4.69, 9.17) is 19.2 Å². The zero-order valence-electron chi connectivity index (χ0n) is 16.9. The molecule has 1 N–H and O–H groups in total. The predicted octanol–water partition coefficient (Wildman–Crippen LogP) is 2.16. The average Bonchev–Trinajstić information content (AvgIpc) is 3.24. The molecule has 10 nitrogen and oxygen atoms in total. The maximum atomic E-state index is 9.69. The molecule has 3 aromatic rings. The summed E-state index contributed by atoms with van der Waals surface area (Å²) < 4.78 is 20.3. The van der Waals surface area contributed by atoms with Gasteiger partial charge in [0.05, 0.1) is 26.0 Å². The molecule has 0 radical (unpaired) electrons. The number of hydrogen-bond donors (Lipinski definition) is 1. The normalized spacial score (nSPS) is 21.9. The molecule has 30 heavy (non-hydrogen) atoms. The van der Waals surface area contributed by atoms with Gasteiger partial charge in [-0.25, -0.2) is 4.98 Å². The van der Waals surface area contributed by atoms with Crippen molar-refractivity contribution >= 4 is 22.7 Å². The Bertz CT molecular complexity index is 1110. The predicted molar refractivity (Wildman–Crippen MR) is 108 cm³/mol. The average molecular weight is 409 g/mol. The zero-order chi connectivity index (χ0) is 20.7. The van der Waals surface area contributed by atoms with E-state index in [0.29, 0.717) is 49.6 Å². The van der Waals surface area contributed by atoms with E-state index in [1.807, 2.05) is 23.9 Å². The molecule has 156 valence electrons. The van der Waals surface area contributed by atoms with Crippen LogP contribution in [0.5, 0.6) is 5.88 Å². The molecule has 2 aliphatic rings. The summed E-state index contributed by atoms with van der Waals surface area (Å²) in [5, 5.41) is 18.1. The topological polar surface area (TPSA) is 112 Å².